The van der Waals surface area contributed by atoms with Crippen LogP contribution in [-0.2, 0) is 4.79 Å². The van der Waals surface area contributed by atoms with Gasteiger partial charge in [-0.05, 0) is 42.5 Å². The van der Waals surface area contributed by atoms with Crippen LogP contribution in [-0.4, -0.2) is 30.5 Å². The van der Waals surface area contributed by atoms with Gasteiger partial charge in [0.15, 0.2) is 18.1 Å². The molecule has 0 fully saturated rings. The standard InChI is InChI=1S/C25H21N3O5/c1-32-21-11-4-5-12-22(21)33-15-23(29)27-16-7-6-8-17(13-16)28-25(31)19-14-26-20-10-3-2-9-18(20)24(19)30/h2-14H,15H2,1H3,(H,26,30)(H,27,29)(H,28,31). The number of aromatic amines is 1. The molecule has 0 saturated carbocycles. The second kappa shape index (κ2) is 9.69. The third kappa shape index (κ3) is 5.01. The number of pyridine rings is 1. The van der Waals surface area contributed by atoms with Gasteiger partial charge in [-0.1, -0.05) is 30.3 Å². The number of hydrogen-bond donors (Lipinski definition) is 3. The molecule has 2 amide bonds. The number of para-hydroxylation sites is 3. The number of anilines is 2. The van der Waals surface area contributed by atoms with Gasteiger partial charge in [-0.15, -0.1) is 0 Å². The van der Waals surface area contributed by atoms with E-state index in [1.807, 2.05) is 0 Å². The van der Waals surface area contributed by atoms with Crippen molar-refractivity contribution >= 4 is 34.1 Å². The van der Waals surface area contributed by atoms with Gasteiger partial charge in [-0.3, -0.25) is 14.4 Å². The summed E-state index contributed by atoms with van der Waals surface area (Å²) in [6, 6.07) is 20.6. The Morgan fingerprint density at radius 2 is 1.58 bits per heavy atom. The summed E-state index contributed by atoms with van der Waals surface area (Å²) in [5.74, 6) is 0.0517. The maximum atomic E-state index is 12.7. The molecule has 3 N–H and O–H groups in total. The van der Waals surface area contributed by atoms with Crippen molar-refractivity contribution in [2.24, 2.45) is 0 Å². The molecule has 4 aromatic rings. The predicted molar refractivity (Wildman–Crippen MR) is 126 cm³/mol. The van der Waals surface area contributed by atoms with Gasteiger partial charge < -0.3 is 25.1 Å². The average Bonchev–Trinajstić information content (AvgIpc) is 2.83. The summed E-state index contributed by atoms with van der Waals surface area (Å²) >= 11 is 0. The van der Waals surface area contributed by atoms with Crippen LogP contribution in [0.4, 0.5) is 11.4 Å². The highest BCUT2D eigenvalue weighted by Gasteiger charge is 2.14. The van der Waals surface area contributed by atoms with Gasteiger partial charge in [0.2, 0.25) is 5.43 Å². The van der Waals surface area contributed by atoms with Crippen molar-refractivity contribution in [3.05, 3.63) is 94.8 Å². The fourth-order valence-corrected chi connectivity index (χ4v) is 3.29. The number of H-pyrrole nitrogens is 1. The van der Waals surface area contributed by atoms with Gasteiger partial charge in [-0.2, -0.15) is 0 Å². The van der Waals surface area contributed by atoms with Crippen LogP contribution in [0.1, 0.15) is 10.4 Å². The molecule has 8 heteroatoms. The molecule has 166 valence electrons. The number of aromatic nitrogens is 1. The molecule has 8 nitrogen and oxygen atoms in total. The lowest BCUT2D eigenvalue weighted by Gasteiger charge is -2.11. The fourth-order valence-electron chi connectivity index (χ4n) is 3.29. The van der Waals surface area contributed by atoms with E-state index in [1.165, 1.54) is 13.3 Å². The minimum absolute atomic E-state index is 0.00616. The molecule has 0 aliphatic carbocycles. The lowest BCUT2D eigenvalue weighted by atomic mass is 10.1. The number of carbonyl (C=O) groups is 2. The van der Waals surface area contributed by atoms with Crippen LogP contribution >= 0.6 is 0 Å². The Bertz CT molecular complexity index is 1380. The summed E-state index contributed by atoms with van der Waals surface area (Å²) in [5, 5.41) is 5.84. The molecule has 1 heterocycles. The van der Waals surface area contributed by atoms with E-state index in [1.54, 1.807) is 72.8 Å². The lowest BCUT2D eigenvalue weighted by molar-refractivity contribution is -0.118. The zero-order valence-electron chi connectivity index (χ0n) is 17.8. The molecule has 0 spiro atoms. The summed E-state index contributed by atoms with van der Waals surface area (Å²) in [6.07, 6.45) is 1.39. The van der Waals surface area contributed by atoms with Gasteiger partial charge in [0.1, 0.15) is 5.56 Å². The largest absolute Gasteiger partial charge is 0.493 e. The summed E-state index contributed by atoms with van der Waals surface area (Å²) in [4.78, 5) is 40.6. The zero-order valence-corrected chi connectivity index (χ0v) is 17.8. The summed E-state index contributed by atoms with van der Waals surface area (Å²) in [6.45, 7) is -0.219. The van der Waals surface area contributed by atoms with E-state index in [9.17, 15) is 14.4 Å². The first-order valence-corrected chi connectivity index (χ1v) is 10.1. The fraction of sp³-hybridized carbons (Fsp3) is 0.0800. The number of fused-ring (bicyclic) bond motifs is 1. The summed E-state index contributed by atoms with van der Waals surface area (Å²) < 4.78 is 10.7. The summed E-state index contributed by atoms with van der Waals surface area (Å²) in [7, 11) is 1.52. The summed E-state index contributed by atoms with van der Waals surface area (Å²) in [5.41, 5.74) is 1.18. The first-order valence-electron chi connectivity index (χ1n) is 10.1. The number of methoxy groups -OCH3 is 1. The Kier molecular flexibility index (Phi) is 6.36. The van der Waals surface area contributed by atoms with Crippen LogP contribution in [0.5, 0.6) is 11.5 Å². The van der Waals surface area contributed by atoms with Crippen molar-refractivity contribution < 1.29 is 19.1 Å². The van der Waals surface area contributed by atoms with E-state index in [2.05, 4.69) is 15.6 Å². The molecule has 0 radical (unpaired) electrons. The van der Waals surface area contributed by atoms with Crippen LogP contribution in [0.2, 0.25) is 0 Å². The average molecular weight is 443 g/mol. The first-order chi connectivity index (χ1) is 16.0. The van der Waals surface area contributed by atoms with E-state index in [0.29, 0.717) is 33.8 Å². The number of ether oxygens (including phenoxy) is 2. The molecule has 33 heavy (non-hydrogen) atoms. The number of hydrogen-bond acceptors (Lipinski definition) is 5. The second-order valence-corrected chi connectivity index (χ2v) is 7.10. The van der Waals surface area contributed by atoms with Crippen molar-refractivity contribution in [3.63, 3.8) is 0 Å². The van der Waals surface area contributed by atoms with Gasteiger partial charge in [0.25, 0.3) is 11.8 Å². The highest BCUT2D eigenvalue weighted by atomic mass is 16.5. The Labute approximate surface area is 189 Å². The maximum Gasteiger partial charge on any atom is 0.262 e. The zero-order chi connectivity index (χ0) is 23.2. The Morgan fingerprint density at radius 1 is 0.879 bits per heavy atom. The molecule has 3 aromatic carbocycles. The number of carbonyl (C=O) groups excluding carboxylic acids is 2. The third-order valence-corrected chi connectivity index (χ3v) is 4.86. The quantitative estimate of drug-likeness (QED) is 0.402. The monoisotopic (exact) mass is 443 g/mol. The van der Waals surface area contributed by atoms with Crippen molar-refractivity contribution in [1.29, 1.82) is 0 Å². The predicted octanol–water partition coefficient (Wildman–Crippen LogP) is 3.81. The highest BCUT2D eigenvalue weighted by molar-refractivity contribution is 6.06. The normalized spacial score (nSPS) is 10.5. The molecule has 4 rings (SSSR count). The molecular weight excluding hydrogens is 422 g/mol. The first kappa shape index (κ1) is 21.6. The molecule has 0 unspecified atom stereocenters. The Balaban J connectivity index is 1.41. The maximum absolute atomic E-state index is 12.7. The van der Waals surface area contributed by atoms with Gasteiger partial charge >= 0.3 is 0 Å². The van der Waals surface area contributed by atoms with Crippen molar-refractivity contribution in [1.82, 2.24) is 4.98 Å². The molecule has 0 bridgehead atoms. The second-order valence-electron chi connectivity index (χ2n) is 7.10. The number of nitrogens with one attached hydrogen (secondary N) is 3. The third-order valence-electron chi connectivity index (χ3n) is 4.86. The molecular formula is C25H21N3O5. The van der Waals surface area contributed by atoms with Crippen LogP contribution in [0.3, 0.4) is 0 Å². The SMILES string of the molecule is COc1ccccc1OCC(=O)Nc1cccc(NC(=O)c2c[nH]c3ccccc3c2=O)c1. The van der Waals surface area contributed by atoms with Crippen LogP contribution in [0.25, 0.3) is 10.9 Å². The molecule has 0 saturated heterocycles. The van der Waals surface area contributed by atoms with Crippen LogP contribution in [0, 0.1) is 0 Å². The topological polar surface area (TPSA) is 110 Å². The van der Waals surface area contributed by atoms with Crippen molar-refractivity contribution in [2.75, 3.05) is 24.4 Å². The molecule has 1 aromatic heterocycles. The van der Waals surface area contributed by atoms with Crippen LogP contribution in [0.15, 0.2) is 83.8 Å². The number of amides is 2. The minimum Gasteiger partial charge on any atom is -0.493 e. The van der Waals surface area contributed by atoms with Gasteiger partial charge in [0, 0.05) is 28.5 Å². The van der Waals surface area contributed by atoms with Crippen molar-refractivity contribution in [2.45, 2.75) is 0 Å². The van der Waals surface area contributed by atoms with Gasteiger partial charge in [0.05, 0.1) is 7.11 Å². The lowest BCUT2D eigenvalue weighted by Crippen LogP contribution is -2.22. The van der Waals surface area contributed by atoms with Gasteiger partial charge in [-0.25, -0.2) is 0 Å². The molecule has 0 aliphatic heterocycles. The smallest absolute Gasteiger partial charge is 0.262 e. The van der Waals surface area contributed by atoms with Crippen molar-refractivity contribution in [3.8, 4) is 11.5 Å². The van der Waals surface area contributed by atoms with E-state index < -0.39 is 5.91 Å². The molecule has 0 aliphatic rings. The minimum atomic E-state index is -0.551. The van der Waals surface area contributed by atoms with E-state index in [4.69, 9.17) is 9.47 Å². The Morgan fingerprint density at radius 3 is 2.36 bits per heavy atom. The number of rotatable bonds is 7. The number of benzene rings is 3. The Hall–Kier alpha value is -4.59. The van der Waals surface area contributed by atoms with E-state index >= 15 is 0 Å². The highest BCUT2D eigenvalue weighted by Crippen LogP contribution is 2.25. The van der Waals surface area contributed by atoms with Crippen LogP contribution < -0.4 is 25.5 Å². The molecule has 0 atom stereocenters. The van der Waals surface area contributed by atoms with E-state index in [-0.39, 0.29) is 23.5 Å². The van der Waals surface area contributed by atoms with E-state index in [0.717, 1.165) is 0 Å².